The number of hydrogen-bond acceptors (Lipinski definition) is 0. The van der Waals surface area contributed by atoms with Crippen molar-refractivity contribution in [3.63, 3.8) is 0 Å². The number of allylic oxidation sites excluding steroid dienone is 3. The highest BCUT2D eigenvalue weighted by Gasteiger charge is 1.98. The second kappa shape index (κ2) is 6.27. The summed E-state index contributed by atoms with van der Waals surface area (Å²) in [6.07, 6.45) is 10.4. The molecule has 0 radical (unpaired) electrons. The molecule has 0 atom stereocenters. The van der Waals surface area contributed by atoms with E-state index in [1.807, 2.05) is 0 Å². The van der Waals surface area contributed by atoms with Crippen molar-refractivity contribution in [3.8, 4) is 0 Å². The summed E-state index contributed by atoms with van der Waals surface area (Å²) in [7, 11) is 0. The van der Waals surface area contributed by atoms with Gasteiger partial charge >= 0.3 is 0 Å². The van der Waals surface area contributed by atoms with Crippen molar-refractivity contribution < 1.29 is 0 Å². The van der Waals surface area contributed by atoms with Crippen LogP contribution in [0.25, 0.3) is 0 Å². The van der Waals surface area contributed by atoms with Gasteiger partial charge in [0.25, 0.3) is 0 Å². The van der Waals surface area contributed by atoms with E-state index in [9.17, 15) is 0 Å². The Bertz CT molecular complexity index is 442. The molecule has 0 nitrogen and oxygen atoms in total. The summed E-state index contributed by atoms with van der Waals surface area (Å²) in [5, 5.41) is 0. The minimum atomic E-state index is 1.11. The Morgan fingerprint density at radius 2 is 2.06 bits per heavy atom. The van der Waals surface area contributed by atoms with Crippen LogP contribution < -0.4 is 0 Å². The van der Waals surface area contributed by atoms with Gasteiger partial charge in [0.1, 0.15) is 0 Å². The highest BCUT2D eigenvalue weighted by Crippen LogP contribution is 2.16. The van der Waals surface area contributed by atoms with E-state index in [1.165, 1.54) is 36.0 Å². The summed E-state index contributed by atoms with van der Waals surface area (Å²) in [5.41, 5.74) is 7.70. The third-order valence-electron chi connectivity index (χ3n) is 3.14. The first-order valence-electron chi connectivity index (χ1n) is 6.50. The standard InChI is InChI=1S/C17H20/c1-15(14-17-10-6-3-7-11-17)12-13-16-8-4-2-5-9-16/h2,4-6,8-10H,3,7,11-13H2,1H3. The highest BCUT2D eigenvalue weighted by atomic mass is 14.0. The molecule has 0 aliphatic heterocycles. The van der Waals surface area contributed by atoms with Crippen molar-refractivity contribution in [2.75, 3.05) is 0 Å². The van der Waals surface area contributed by atoms with Gasteiger partial charge < -0.3 is 0 Å². The molecule has 0 N–H and O–H groups in total. The first-order valence-corrected chi connectivity index (χ1v) is 6.50. The number of benzene rings is 1. The number of rotatable bonds is 3. The summed E-state index contributed by atoms with van der Waals surface area (Å²) in [5.74, 6) is 0. The summed E-state index contributed by atoms with van der Waals surface area (Å²) < 4.78 is 0. The van der Waals surface area contributed by atoms with Gasteiger partial charge in [-0.2, -0.15) is 0 Å². The summed E-state index contributed by atoms with van der Waals surface area (Å²) >= 11 is 0. The molecule has 0 aromatic heterocycles. The SMILES string of the molecule is CC(=C=C1C=CCCC1)CCc1ccccc1. The smallest absolute Gasteiger partial charge is 0.00640 e. The largest absolute Gasteiger partial charge is 0.119 e. The quantitative estimate of drug-likeness (QED) is 0.645. The Balaban J connectivity index is 1.97. The number of aryl methyl sites for hydroxylation is 1. The van der Waals surface area contributed by atoms with E-state index in [0.717, 1.165) is 12.8 Å². The molecule has 0 fully saturated rings. The minimum absolute atomic E-state index is 1.11. The zero-order valence-corrected chi connectivity index (χ0v) is 10.6. The molecule has 0 amide bonds. The second-order valence-corrected chi connectivity index (χ2v) is 4.71. The van der Waals surface area contributed by atoms with Crippen molar-refractivity contribution in [1.29, 1.82) is 0 Å². The first-order chi connectivity index (χ1) is 8.34. The zero-order valence-electron chi connectivity index (χ0n) is 10.6. The maximum absolute atomic E-state index is 3.54. The van der Waals surface area contributed by atoms with Gasteiger partial charge in [-0.3, -0.25) is 0 Å². The summed E-state index contributed by atoms with van der Waals surface area (Å²) in [6, 6.07) is 10.7. The Morgan fingerprint density at radius 1 is 1.24 bits per heavy atom. The molecule has 2 rings (SSSR count). The Labute approximate surface area is 104 Å². The number of hydrogen-bond donors (Lipinski definition) is 0. The third kappa shape index (κ3) is 4.09. The van der Waals surface area contributed by atoms with E-state index in [1.54, 1.807) is 0 Å². The van der Waals surface area contributed by atoms with Gasteiger partial charge in [-0.25, -0.2) is 0 Å². The molecule has 1 aliphatic carbocycles. The van der Waals surface area contributed by atoms with Crippen LogP contribution in [0, 0.1) is 0 Å². The molecule has 0 unspecified atom stereocenters. The van der Waals surface area contributed by atoms with Crippen molar-refractivity contribution in [2.45, 2.75) is 39.0 Å². The molecule has 88 valence electrons. The molecule has 0 heterocycles. The average Bonchev–Trinajstić information content (AvgIpc) is 2.39. The molecule has 0 saturated carbocycles. The molecular weight excluding hydrogens is 204 g/mol. The molecule has 17 heavy (non-hydrogen) atoms. The van der Waals surface area contributed by atoms with Crippen LogP contribution in [0.5, 0.6) is 0 Å². The normalized spacial score (nSPS) is 14.5. The van der Waals surface area contributed by atoms with E-state index >= 15 is 0 Å². The molecule has 0 spiro atoms. The van der Waals surface area contributed by atoms with E-state index in [-0.39, 0.29) is 0 Å². The highest BCUT2D eigenvalue weighted by molar-refractivity contribution is 5.23. The van der Waals surface area contributed by atoms with Gasteiger partial charge in [0.15, 0.2) is 0 Å². The van der Waals surface area contributed by atoms with Crippen LogP contribution in [0.4, 0.5) is 0 Å². The molecule has 1 aromatic carbocycles. The maximum atomic E-state index is 3.54. The molecule has 0 bridgehead atoms. The molecule has 0 heteroatoms. The minimum Gasteiger partial charge on any atom is -0.119 e. The third-order valence-corrected chi connectivity index (χ3v) is 3.14. The van der Waals surface area contributed by atoms with Crippen LogP contribution in [0.1, 0.15) is 38.2 Å². The zero-order chi connectivity index (χ0) is 11.9. The van der Waals surface area contributed by atoms with Gasteiger partial charge in [0.05, 0.1) is 0 Å². The van der Waals surface area contributed by atoms with Crippen LogP contribution in [0.2, 0.25) is 0 Å². The lowest BCUT2D eigenvalue weighted by Crippen LogP contribution is -1.87. The lowest BCUT2D eigenvalue weighted by molar-refractivity contribution is 0.820. The van der Waals surface area contributed by atoms with Crippen molar-refractivity contribution >= 4 is 0 Å². The summed E-state index contributed by atoms with van der Waals surface area (Å²) in [4.78, 5) is 0. The van der Waals surface area contributed by atoms with Crippen molar-refractivity contribution in [3.05, 3.63) is 64.9 Å². The lowest BCUT2D eigenvalue weighted by atomic mass is 10.0. The maximum Gasteiger partial charge on any atom is -0.00640 e. The fourth-order valence-electron chi connectivity index (χ4n) is 2.14. The van der Waals surface area contributed by atoms with Gasteiger partial charge in [0, 0.05) is 0 Å². The van der Waals surface area contributed by atoms with Crippen LogP contribution in [-0.4, -0.2) is 0 Å². The molecule has 1 aromatic rings. The topological polar surface area (TPSA) is 0 Å². The van der Waals surface area contributed by atoms with Gasteiger partial charge in [-0.15, -0.1) is 5.73 Å². The van der Waals surface area contributed by atoms with E-state index in [2.05, 4.69) is 55.1 Å². The monoisotopic (exact) mass is 224 g/mol. The predicted octanol–water partition coefficient (Wildman–Crippen LogP) is 4.83. The van der Waals surface area contributed by atoms with Gasteiger partial charge in [-0.05, 0) is 55.7 Å². The van der Waals surface area contributed by atoms with Crippen LogP contribution >= 0.6 is 0 Å². The molecule has 1 aliphatic rings. The second-order valence-electron chi connectivity index (χ2n) is 4.71. The Kier molecular flexibility index (Phi) is 4.41. The van der Waals surface area contributed by atoms with E-state index in [4.69, 9.17) is 0 Å². The Hall–Kier alpha value is -1.52. The first kappa shape index (κ1) is 12.0. The van der Waals surface area contributed by atoms with Crippen LogP contribution in [-0.2, 0) is 6.42 Å². The summed E-state index contributed by atoms with van der Waals surface area (Å²) in [6.45, 7) is 2.19. The van der Waals surface area contributed by atoms with E-state index < -0.39 is 0 Å². The Morgan fingerprint density at radius 3 is 2.76 bits per heavy atom. The van der Waals surface area contributed by atoms with Gasteiger partial charge in [0.2, 0.25) is 0 Å². The van der Waals surface area contributed by atoms with Crippen LogP contribution in [0.15, 0.2) is 59.4 Å². The van der Waals surface area contributed by atoms with Crippen molar-refractivity contribution in [2.24, 2.45) is 0 Å². The van der Waals surface area contributed by atoms with Crippen LogP contribution in [0.3, 0.4) is 0 Å². The molecular formula is C17H20. The fourth-order valence-corrected chi connectivity index (χ4v) is 2.14. The van der Waals surface area contributed by atoms with Crippen molar-refractivity contribution in [1.82, 2.24) is 0 Å². The van der Waals surface area contributed by atoms with Gasteiger partial charge in [-0.1, -0.05) is 42.5 Å². The van der Waals surface area contributed by atoms with E-state index in [0.29, 0.717) is 0 Å². The predicted molar refractivity (Wildman–Crippen MR) is 74.0 cm³/mol. The fraction of sp³-hybridized carbons (Fsp3) is 0.353. The molecule has 0 saturated heterocycles. The average molecular weight is 224 g/mol. The lowest BCUT2D eigenvalue weighted by Gasteiger charge is -2.05.